The number of nitrogens with zero attached hydrogens (tertiary/aromatic N) is 1. The van der Waals surface area contributed by atoms with Gasteiger partial charge in [-0.25, -0.2) is 0 Å². The molecule has 0 atom stereocenters. The zero-order chi connectivity index (χ0) is 10.8. The molecule has 0 saturated heterocycles. The van der Waals surface area contributed by atoms with Gasteiger partial charge in [0, 0.05) is 18.8 Å². The molecule has 0 aromatic rings. The van der Waals surface area contributed by atoms with E-state index in [0.717, 1.165) is 12.5 Å². The van der Waals surface area contributed by atoms with Crippen molar-refractivity contribution in [1.29, 1.82) is 0 Å². The van der Waals surface area contributed by atoms with E-state index in [2.05, 4.69) is 5.32 Å². The molecule has 1 N–H and O–H groups in total. The fraction of sp³-hybridized carbons (Fsp3) is 0.923. The van der Waals surface area contributed by atoms with Gasteiger partial charge < -0.3 is 5.32 Å². The minimum Gasteiger partial charge on any atom is -0.365 e. The van der Waals surface area contributed by atoms with Crippen LogP contribution in [0.5, 0.6) is 0 Å². The van der Waals surface area contributed by atoms with Crippen LogP contribution in [-0.4, -0.2) is 24.0 Å². The van der Waals surface area contributed by atoms with Crippen molar-refractivity contribution < 1.29 is 0 Å². The monoisotopic (exact) mass is 238 g/mol. The van der Waals surface area contributed by atoms with Crippen LogP contribution in [0, 0.1) is 11.3 Å². The summed E-state index contributed by atoms with van der Waals surface area (Å²) in [6.45, 7) is 2.26. The highest BCUT2D eigenvalue weighted by molar-refractivity contribution is 8.13. The van der Waals surface area contributed by atoms with Crippen LogP contribution in [0.4, 0.5) is 0 Å². The van der Waals surface area contributed by atoms with Crippen LogP contribution in [-0.2, 0) is 0 Å². The van der Waals surface area contributed by atoms with Gasteiger partial charge >= 0.3 is 0 Å². The Morgan fingerprint density at radius 2 is 2.06 bits per heavy atom. The van der Waals surface area contributed by atoms with E-state index in [1.165, 1.54) is 62.4 Å². The van der Waals surface area contributed by atoms with E-state index in [0.29, 0.717) is 5.41 Å². The molecule has 1 aliphatic heterocycles. The molecule has 0 bridgehead atoms. The summed E-state index contributed by atoms with van der Waals surface area (Å²) in [4.78, 5) is 4.77. The van der Waals surface area contributed by atoms with Crippen molar-refractivity contribution in [2.24, 2.45) is 16.3 Å². The quantitative estimate of drug-likeness (QED) is 0.799. The van der Waals surface area contributed by atoms with Crippen LogP contribution in [0.25, 0.3) is 0 Å². The lowest BCUT2D eigenvalue weighted by molar-refractivity contribution is 0.232. The predicted molar refractivity (Wildman–Crippen MR) is 71.0 cm³/mol. The SMILES string of the molecule is C1CCC2(CC1)CN=C(NCC1CC1)SC2. The number of aliphatic imine (C=N–C) groups is 1. The van der Waals surface area contributed by atoms with E-state index in [-0.39, 0.29) is 0 Å². The first-order chi connectivity index (χ1) is 7.86. The molecule has 1 spiro atoms. The van der Waals surface area contributed by atoms with Gasteiger partial charge in [-0.3, -0.25) is 4.99 Å². The van der Waals surface area contributed by atoms with E-state index in [1.54, 1.807) is 0 Å². The topological polar surface area (TPSA) is 24.4 Å². The van der Waals surface area contributed by atoms with E-state index in [9.17, 15) is 0 Å². The Hall–Kier alpha value is -0.180. The van der Waals surface area contributed by atoms with E-state index in [4.69, 9.17) is 4.99 Å². The van der Waals surface area contributed by atoms with Crippen LogP contribution in [0.3, 0.4) is 0 Å². The lowest BCUT2D eigenvalue weighted by Crippen LogP contribution is -2.37. The molecule has 3 aliphatic rings. The molecular formula is C13H22N2S. The fourth-order valence-corrected chi connectivity index (χ4v) is 3.98. The largest absolute Gasteiger partial charge is 0.365 e. The summed E-state index contributed by atoms with van der Waals surface area (Å²) in [6.07, 6.45) is 9.99. The van der Waals surface area contributed by atoms with Gasteiger partial charge in [-0.1, -0.05) is 31.0 Å². The minimum atomic E-state index is 0.577. The van der Waals surface area contributed by atoms with Gasteiger partial charge in [0.15, 0.2) is 5.17 Å². The molecular weight excluding hydrogens is 216 g/mol. The second kappa shape index (κ2) is 4.59. The molecule has 16 heavy (non-hydrogen) atoms. The van der Waals surface area contributed by atoms with E-state index in [1.807, 2.05) is 11.8 Å². The van der Waals surface area contributed by atoms with Crippen molar-refractivity contribution >= 4 is 16.9 Å². The number of thioether (sulfide) groups is 1. The summed E-state index contributed by atoms with van der Waals surface area (Å²) in [7, 11) is 0. The third kappa shape index (κ3) is 2.55. The smallest absolute Gasteiger partial charge is 0.156 e. The fourth-order valence-electron chi connectivity index (χ4n) is 2.82. The molecule has 0 aromatic heterocycles. The lowest BCUT2D eigenvalue weighted by atomic mass is 9.75. The van der Waals surface area contributed by atoms with Crippen LogP contribution in [0.2, 0.25) is 0 Å². The summed E-state index contributed by atoms with van der Waals surface area (Å²) in [5.41, 5.74) is 0.577. The summed E-state index contributed by atoms with van der Waals surface area (Å²) >= 11 is 1.98. The Kier molecular flexibility index (Phi) is 3.14. The summed E-state index contributed by atoms with van der Waals surface area (Å²) in [5, 5.41) is 4.74. The Bertz CT molecular complexity index is 278. The normalized spacial score (nSPS) is 28.9. The molecule has 0 radical (unpaired) electrons. The molecule has 0 unspecified atom stereocenters. The molecule has 1 heterocycles. The number of hydrogen-bond donors (Lipinski definition) is 1. The first-order valence-corrected chi connectivity index (χ1v) is 7.76. The molecule has 2 aliphatic carbocycles. The van der Waals surface area contributed by atoms with Crippen molar-refractivity contribution in [3.8, 4) is 0 Å². The van der Waals surface area contributed by atoms with Crippen molar-refractivity contribution in [2.45, 2.75) is 44.9 Å². The molecule has 2 nitrogen and oxygen atoms in total. The molecule has 2 fully saturated rings. The van der Waals surface area contributed by atoms with Gasteiger partial charge in [-0.05, 0) is 37.0 Å². The molecule has 0 amide bonds. The van der Waals surface area contributed by atoms with Gasteiger partial charge in [-0.2, -0.15) is 0 Å². The minimum absolute atomic E-state index is 0.577. The average Bonchev–Trinajstić information content (AvgIpc) is 3.14. The highest BCUT2D eigenvalue weighted by Crippen LogP contribution is 2.41. The van der Waals surface area contributed by atoms with Crippen LogP contribution < -0.4 is 5.32 Å². The highest BCUT2D eigenvalue weighted by atomic mass is 32.2. The van der Waals surface area contributed by atoms with Gasteiger partial charge in [0.2, 0.25) is 0 Å². The van der Waals surface area contributed by atoms with Gasteiger partial charge in [-0.15, -0.1) is 0 Å². The summed E-state index contributed by atoms with van der Waals surface area (Å²) < 4.78 is 0. The second-order valence-electron chi connectivity index (χ2n) is 5.79. The Labute approximate surface area is 103 Å². The van der Waals surface area contributed by atoms with Gasteiger partial charge in [0.25, 0.3) is 0 Å². The summed E-state index contributed by atoms with van der Waals surface area (Å²) in [5.74, 6) is 2.26. The highest BCUT2D eigenvalue weighted by Gasteiger charge is 2.35. The Morgan fingerprint density at radius 3 is 2.69 bits per heavy atom. The number of amidine groups is 1. The maximum Gasteiger partial charge on any atom is 0.156 e. The van der Waals surface area contributed by atoms with Crippen molar-refractivity contribution in [3.63, 3.8) is 0 Å². The third-order valence-electron chi connectivity index (χ3n) is 4.23. The number of rotatable bonds is 2. The molecule has 0 aromatic carbocycles. The first kappa shape index (κ1) is 10.9. The van der Waals surface area contributed by atoms with Crippen molar-refractivity contribution in [3.05, 3.63) is 0 Å². The first-order valence-electron chi connectivity index (χ1n) is 6.78. The maximum absolute atomic E-state index is 4.77. The second-order valence-corrected chi connectivity index (χ2v) is 6.76. The zero-order valence-electron chi connectivity index (χ0n) is 10.0. The Balaban J connectivity index is 1.51. The van der Waals surface area contributed by atoms with E-state index >= 15 is 0 Å². The molecule has 2 saturated carbocycles. The standard InChI is InChI=1S/C13H22N2S/c1-2-6-13(7-3-1)9-15-12(16-10-13)14-8-11-4-5-11/h11H,1-10H2,(H,14,15). The van der Waals surface area contributed by atoms with E-state index < -0.39 is 0 Å². The van der Waals surface area contributed by atoms with Crippen LogP contribution in [0.1, 0.15) is 44.9 Å². The molecule has 3 rings (SSSR count). The third-order valence-corrected chi connectivity index (χ3v) is 5.53. The number of nitrogens with one attached hydrogen (secondary N) is 1. The van der Waals surface area contributed by atoms with Gasteiger partial charge in [0.1, 0.15) is 0 Å². The zero-order valence-corrected chi connectivity index (χ0v) is 10.8. The summed E-state index contributed by atoms with van der Waals surface area (Å²) in [6, 6.07) is 0. The van der Waals surface area contributed by atoms with Crippen molar-refractivity contribution in [2.75, 3.05) is 18.8 Å². The maximum atomic E-state index is 4.77. The average molecular weight is 238 g/mol. The molecule has 90 valence electrons. The van der Waals surface area contributed by atoms with Crippen LogP contribution >= 0.6 is 11.8 Å². The lowest BCUT2D eigenvalue weighted by Gasteiger charge is -2.38. The number of hydrogen-bond acceptors (Lipinski definition) is 3. The predicted octanol–water partition coefficient (Wildman–Crippen LogP) is 3.04. The van der Waals surface area contributed by atoms with Crippen molar-refractivity contribution in [1.82, 2.24) is 5.32 Å². The Morgan fingerprint density at radius 1 is 1.25 bits per heavy atom. The molecule has 3 heteroatoms. The van der Waals surface area contributed by atoms with Crippen LogP contribution in [0.15, 0.2) is 4.99 Å². The van der Waals surface area contributed by atoms with Gasteiger partial charge in [0.05, 0.1) is 0 Å².